The van der Waals surface area contributed by atoms with Gasteiger partial charge in [0.05, 0.1) is 6.20 Å². The normalized spacial score (nSPS) is 30.8. The van der Waals surface area contributed by atoms with Crippen molar-refractivity contribution in [3.63, 3.8) is 0 Å². The van der Waals surface area contributed by atoms with Crippen LogP contribution in [0.2, 0.25) is 0 Å². The second-order valence-corrected chi connectivity index (χ2v) is 6.33. The number of hydrogen-bond donors (Lipinski definition) is 2. The van der Waals surface area contributed by atoms with Crippen molar-refractivity contribution in [2.75, 3.05) is 26.2 Å². The minimum Gasteiger partial charge on any atom is -0.316 e. The molecule has 0 saturated carbocycles. The van der Waals surface area contributed by atoms with Gasteiger partial charge >= 0.3 is 0 Å². The van der Waals surface area contributed by atoms with Crippen LogP contribution < -0.4 is 5.32 Å². The van der Waals surface area contributed by atoms with Crippen molar-refractivity contribution in [1.82, 2.24) is 19.8 Å². The highest BCUT2D eigenvalue weighted by Gasteiger charge is 2.41. The van der Waals surface area contributed by atoms with Crippen molar-refractivity contribution in [3.8, 4) is 0 Å². The van der Waals surface area contributed by atoms with E-state index in [4.69, 9.17) is 0 Å². The maximum Gasteiger partial charge on any atom is 0.259 e. The van der Waals surface area contributed by atoms with Crippen LogP contribution in [0, 0.1) is 11.8 Å². The van der Waals surface area contributed by atoms with Crippen molar-refractivity contribution in [3.05, 3.63) is 12.3 Å². The van der Waals surface area contributed by atoms with Crippen molar-refractivity contribution >= 4 is 10.0 Å². The van der Waals surface area contributed by atoms with Crippen LogP contribution in [-0.2, 0) is 10.0 Å². The van der Waals surface area contributed by atoms with Crippen molar-refractivity contribution < 1.29 is 8.42 Å². The highest BCUT2D eigenvalue weighted by Crippen LogP contribution is 2.29. The van der Waals surface area contributed by atoms with Crippen molar-refractivity contribution in [2.24, 2.45) is 11.8 Å². The number of hydrogen-bond acceptors (Lipinski definition) is 4. The van der Waals surface area contributed by atoms with Gasteiger partial charge in [0.15, 0.2) is 5.03 Å². The van der Waals surface area contributed by atoms with Gasteiger partial charge in [-0.05, 0) is 31.0 Å². The molecule has 2 fully saturated rings. The summed E-state index contributed by atoms with van der Waals surface area (Å²) in [4.78, 5) is 0. The molecule has 0 aromatic carbocycles. The standard InChI is InChI=1S/C9H14N4O2S/c14-16(15,9-1-2-11-12-9)13-5-7-3-10-4-8(7)6-13/h1-2,7-8,10H,3-6H2,(H,11,12)/t7-,8+. The van der Waals surface area contributed by atoms with Crippen molar-refractivity contribution in [1.29, 1.82) is 0 Å². The third-order valence-corrected chi connectivity index (χ3v) is 5.21. The molecular formula is C9H14N4O2S. The summed E-state index contributed by atoms with van der Waals surface area (Å²) in [5, 5.41) is 9.70. The van der Waals surface area contributed by atoms with Gasteiger partial charge in [-0.25, -0.2) is 8.42 Å². The minimum absolute atomic E-state index is 0.195. The molecule has 2 aliphatic rings. The minimum atomic E-state index is -3.35. The van der Waals surface area contributed by atoms with Crippen LogP contribution in [0.5, 0.6) is 0 Å². The zero-order chi connectivity index (χ0) is 11.2. The molecule has 2 saturated heterocycles. The van der Waals surface area contributed by atoms with Gasteiger partial charge in [0, 0.05) is 13.1 Å². The summed E-state index contributed by atoms with van der Waals surface area (Å²) in [6.07, 6.45) is 1.46. The molecule has 2 aliphatic heterocycles. The molecule has 0 radical (unpaired) electrons. The van der Waals surface area contributed by atoms with Crippen molar-refractivity contribution in [2.45, 2.75) is 5.03 Å². The summed E-state index contributed by atoms with van der Waals surface area (Å²) >= 11 is 0. The smallest absolute Gasteiger partial charge is 0.259 e. The summed E-state index contributed by atoms with van der Waals surface area (Å²) in [6, 6.07) is 1.50. The molecule has 2 N–H and O–H groups in total. The van der Waals surface area contributed by atoms with E-state index < -0.39 is 10.0 Å². The van der Waals surface area contributed by atoms with Gasteiger partial charge in [-0.15, -0.1) is 0 Å². The fourth-order valence-electron chi connectivity index (χ4n) is 2.53. The highest BCUT2D eigenvalue weighted by atomic mass is 32.2. The number of sulfonamides is 1. The first-order valence-electron chi connectivity index (χ1n) is 5.38. The Morgan fingerprint density at radius 1 is 1.31 bits per heavy atom. The van der Waals surface area contributed by atoms with E-state index in [1.807, 2.05) is 0 Å². The quantitative estimate of drug-likeness (QED) is 0.715. The van der Waals surface area contributed by atoms with Gasteiger partial charge < -0.3 is 5.32 Å². The lowest BCUT2D eigenvalue weighted by atomic mass is 10.0. The fraction of sp³-hybridized carbons (Fsp3) is 0.667. The maximum absolute atomic E-state index is 12.2. The summed E-state index contributed by atoms with van der Waals surface area (Å²) < 4.78 is 25.9. The van der Waals surface area contributed by atoms with Gasteiger partial charge in [0.1, 0.15) is 0 Å². The van der Waals surface area contributed by atoms with Crippen LogP contribution in [0.3, 0.4) is 0 Å². The van der Waals surface area contributed by atoms with Gasteiger partial charge in [-0.1, -0.05) is 0 Å². The molecule has 3 heterocycles. The monoisotopic (exact) mass is 242 g/mol. The van der Waals surface area contributed by atoms with Crippen LogP contribution in [0.25, 0.3) is 0 Å². The predicted octanol–water partition coefficient (Wildman–Crippen LogP) is -0.750. The van der Waals surface area contributed by atoms with E-state index >= 15 is 0 Å². The first-order valence-corrected chi connectivity index (χ1v) is 6.82. The molecule has 1 aromatic rings. The Kier molecular flexibility index (Phi) is 2.27. The highest BCUT2D eigenvalue weighted by molar-refractivity contribution is 7.89. The Bertz CT molecular complexity index is 458. The van der Waals surface area contributed by atoms with E-state index in [0.717, 1.165) is 13.1 Å². The van der Waals surface area contributed by atoms with Gasteiger partial charge in [-0.3, -0.25) is 5.10 Å². The van der Waals surface area contributed by atoms with Gasteiger partial charge in [0.25, 0.3) is 10.0 Å². The SMILES string of the molecule is O=S(=O)(c1ccn[nH]1)N1C[C@H]2CNC[C@H]2C1. The molecule has 0 aliphatic carbocycles. The molecule has 0 amide bonds. The second-order valence-electron chi connectivity index (χ2n) is 4.42. The van der Waals surface area contributed by atoms with E-state index in [9.17, 15) is 8.42 Å². The van der Waals surface area contributed by atoms with Crippen LogP contribution in [-0.4, -0.2) is 49.1 Å². The summed E-state index contributed by atoms with van der Waals surface area (Å²) in [7, 11) is -3.35. The molecule has 7 heteroatoms. The van der Waals surface area contributed by atoms with E-state index in [2.05, 4.69) is 15.5 Å². The number of H-pyrrole nitrogens is 1. The number of aromatic nitrogens is 2. The van der Waals surface area contributed by atoms with E-state index in [0.29, 0.717) is 24.9 Å². The Morgan fingerprint density at radius 3 is 2.56 bits per heavy atom. The zero-order valence-corrected chi connectivity index (χ0v) is 9.57. The number of aromatic amines is 1. The summed E-state index contributed by atoms with van der Waals surface area (Å²) in [5.41, 5.74) is 0. The Labute approximate surface area is 94.1 Å². The molecular weight excluding hydrogens is 228 g/mol. The van der Waals surface area contributed by atoms with E-state index in [-0.39, 0.29) is 5.03 Å². The number of nitrogens with zero attached hydrogens (tertiary/aromatic N) is 2. The van der Waals surface area contributed by atoms with E-state index in [1.165, 1.54) is 12.3 Å². The molecule has 3 rings (SSSR count). The van der Waals surface area contributed by atoms with Crippen LogP contribution >= 0.6 is 0 Å². The van der Waals surface area contributed by atoms with Gasteiger partial charge in [0.2, 0.25) is 0 Å². The van der Waals surface area contributed by atoms with Gasteiger partial charge in [-0.2, -0.15) is 9.40 Å². The third kappa shape index (κ3) is 1.47. The van der Waals surface area contributed by atoms with Crippen LogP contribution in [0.1, 0.15) is 0 Å². The van der Waals surface area contributed by atoms with Crippen LogP contribution in [0.4, 0.5) is 0 Å². The maximum atomic E-state index is 12.2. The molecule has 0 spiro atoms. The average molecular weight is 242 g/mol. The lowest BCUT2D eigenvalue weighted by Gasteiger charge is -2.15. The second kappa shape index (κ2) is 3.54. The lowest BCUT2D eigenvalue weighted by molar-refractivity contribution is 0.445. The molecule has 0 bridgehead atoms. The number of fused-ring (bicyclic) bond motifs is 1. The Morgan fingerprint density at radius 2 is 2.00 bits per heavy atom. The summed E-state index contributed by atoms with van der Waals surface area (Å²) in [5.74, 6) is 0.940. The van der Waals surface area contributed by atoms with Crippen LogP contribution in [0.15, 0.2) is 17.3 Å². The topological polar surface area (TPSA) is 78.1 Å². The fourth-order valence-corrected chi connectivity index (χ4v) is 3.99. The first-order chi connectivity index (χ1) is 7.68. The molecule has 1 aromatic heterocycles. The molecule has 88 valence electrons. The zero-order valence-electron chi connectivity index (χ0n) is 8.76. The number of rotatable bonds is 2. The molecule has 16 heavy (non-hydrogen) atoms. The third-order valence-electron chi connectivity index (χ3n) is 3.45. The first kappa shape index (κ1) is 10.2. The van der Waals surface area contributed by atoms with E-state index in [1.54, 1.807) is 4.31 Å². The Balaban J connectivity index is 1.85. The largest absolute Gasteiger partial charge is 0.316 e. The molecule has 0 unspecified atom stereocenters. The average Bonchev–Trinajstić information content (AvgIpc) is 2.94. The lowest BCUT2D eigenvalue weighted by Crippen LogP contribution is -2.32. The molecule has 6 nitrogen and oxygen atoms in total. The summed E-state index contributed by atoms with van der Waals surface area (Å²) in [6.45, 7) is 3.11. The number of nitrogens with one attached hydrogen (secondary N) is 2. The Hall–Kier alpha value is -0.920. The molecule has 2 atom stereocenters. The predicted molar refractivity (Wildman–Crippen MR) is 57.2 cm³/mol.